The third-order valence-corrected chi connectivity index (χ3v) is 3.58. The summed E-state index contributed by atoms with van der Waals surface area (Å²) >= 11 is 0. The van der Waals surface area contributed by atoms with Crippen molar-refractivity contribution in [2.45, 2.75) is 70.4 Å². The van der Waals surface area contributed by atoms with Crippen molar-refractivity contribution in [2.75, 3.05) is 0 Å². The zero-order valence-corrected chi connectivity index (χ0v) is 9.60. The van der Waals surface area contributed by atoms with Gasteiger partial charge in [0.2, 0.25) is 0 Å². The molecule has 1 rings (SSSR count). The molecule has 0 bridgehead atoms. The first-order chi connectivity index (χ1) is 6.67. The molecule has 0 aromatic heterocycles. The summed E-state index contributed by atoms with van der Waals surface area (Å²) in [5.74, 6) is 0.577. The van der Waals surface area contributed by atoms with E-state index in [1.165, 1.54) is 51.4 Å². The highest BCUT2D eigenvalue weighted by Gasteiger charge is 2.30. The maximum Gasteiger partial charge on any atom is 0.0665 e. The maximum absolute atomic E-state index is 6.21. The molecule has 1 fully saturated rings. The normalized spacial score (nSPS) is 19.9. The third-order valence-electron chi connectivity index (χ3n) is 3.58. The summed E-state index contributed by atoms with van der Waals surface area (Å²) in [6, 6.07) is 0. The first kappa shape index (κ1) is 12.0. The van der Waals surface area contributed by atoms with Gasteiger partial charge in [0.25, 0.3) is 0 Å². The molecule has 84 valence electrons. The van der Waals surface area contributed by atoms with E-state index in [9.17, 15) is 0 Å². The Morgan fingerprint density at radius 2 is 1.71 bits per heavy atom. The molecule has 14 heavy (non-hydrogen) atoms. The molecule has 0 saturated heterocycles. The Bertz CT molecular complexity index is 148. The van der Waals surface area contributed by atoms with E-state index in [1.54, 1.807) is 0 Å². The van der Waals surface area contributed by atoms with Crippen LogP contribution in [0.4, 0.5) is 0 Å². The fourth-order valence-electron chi connectivity index (χ4n) is 2.53. The summed E-state index contributed by atoms with van der Waals surface area (Å²) in [7, 11) is 0. The van der Waals surface area contributed by atoms with Crippen LogP contribution in [0.15, 0.2) is 0 Å². The molecular formula is C12H26N2. The van der Waals surface area contributed by atoms with Crippen LogP contribution in [-0.2, 0) is 0 Å². The molecule has 1 aliphatic rings. The number of hydrogen-bond acceptors (Lipinski definition) is 2. The van der Waals surface area contributed by atoms with Crippen LogP contribution in [0.5, 0.6) is 0 Å². The second-order valence-electron chi connectivity index (χ2n) is 4.90. The van der Waals surface area contributed by atoms with Crippen LogP contribution in [0.3, 0.4) is 0 Å². The lowest BCUT2D eigenvalue weighted by atomic mass is 9.78. The van der Waals surface area contributed by atoms with Gasteiger partial charge in [0.05, 0.1) is 5.66 Å². The predicted octanol–water partition coefficient (Wildman–Crippen LogP) is 2.76. The number of unbranched alkanes of at least 4 members (excludes halogenated alkanes) is 2. The van der Waals surface area contributed by atoms with Crippen molar-refractivity contribution >= 4 is 0 Å². The SMILES string of the molecule is CCCCCC(N)(N)C1CCCCC1. The highest BCUT2D eigenvalue weighted by atomic mass is 15.0. The number of nitrogens with two attached hydrogens (primary N) is 2. The van der Waals surface area contributed by atoms with E-state index in [0.29, 0.717) is 5.92 Å². The molecule has 2 heteroatoms. The van der Waals surface area contributed by atoms with Gasteiger partial charge in [0.1, 0.15) is 0 Å². The van der Waals surface area contributed by atoms with Crippen LogP contribution in [0.1, 0.15) is 64.7 Å². The second kappa shape index (κ2) is 5.72. The number of rotatable bonds is 5. The average Bonchev–Trinajstić information content (AvgIpc) is 2.19. The lowest BCUT2D eigenvalue weighted by molar-refractivity contribution is 0.194. The van der Waals surface area contributed by atoms with Gasteiger partial charge in [0, 0.05) is 0 Å². The lowest BCUT2D eigenvalue weighted by Gasteiger charge is -2.36. The first-order valence-electron chi connectivity index (χ1n) is 6.24. The van der Waals surface area contributed by atoms with E-state index >= 15 is 0 Å². The zero-order chi connectivity index (χ0) is 10.4. The highest BCUT2D eigenvalue weighted by Crippen LogP contribution is 2.31. The Kier molecular flexibility index (Phi) is 4.90. The van der Waals surface area contributed by atoms with Crippen LogP contribution in [0, 0.1) is 5.92 Å². The van der Waals surface area contributed by atoms with E-state index in [2.05, 4.69) is 6.92 Å². The van der Waals surface area contributed by atoms with E-state index in [1.807, 2.05) is 0 Å². The third kappa shape index (κ3) is 3.58. The monoisotopic (exact) mass is 198 g/mol. The van der Waals surface area contributed by atoms with Gasteiger partial charge in [-0.2, -0.15) is 0 Å². The van der Waals surface area contributed by atoms with Gasteiger partial charge < -0.3 is 11.5 Å². The number of hydrogen-bond donors (Lipinski definition) is 2. The lowest BCUT2D eigenvalue weighted by Crippen LogP contribution is -2.56. The largest absolute Gasteiger partial charge is 0.313 e. The van der Waals surface area contributed by atoms with Crippen LogP contribution in [0.25, 0.3) is 0 Å². The van der Waals surface area contributed by atoms with E-state index in [4.69, 9.17) is 11.5 Å². The molecule has 0 heterocycles. The van der Waals surface area contributed by atoms with Gasteiger partial charge in [-0.3, -0.25) is 0 Å². The minimum Gasteiger partial charge on any atom is -0.313 e. The summed E-state index contributed by atoms with van der Waals surface area (Å²) in [5.41, 5.74) is 12.0. The van der Waals surface area contributed by atoms with E-state index in [-0.39, 0.29) is 5.66 Å². The summed E-state index contributed by atoms with van der Waals surface area (Å²) in [6.45, 7) is 2.22. The molecule has 0 aromatic carbocycles. The van der Waals surface area contributed by atoms with Crippen molar-refractivity contribution < 1.29 is 0 Å². The van der Waals surface area contributed by atoms with Crippen molar-refractivity contribution in [1.82, 2.24) is 0 Å². The van der Waals surface area contributed by atoms with Crippen LogP contribution in [-0.4, -0.2) is 5.66 Å². The molecule has 2 nitrogen and oxygen atoms in total. The molecule has 0 atom stereocenters. The zero-order valence-electron chi connectivity index (χ0n) is 9.60. The molecule has 0 aromatic rings. The average molecular weight is 198 g/mol. The smallest absolute Gasteiger partial charge is 0.0665 e. The standard InChI is InChI=1S/C12H26N2/c1-2-3-7-10-12(13,14)11-8-5-4-6-9-11/h11H,2-10,13-14H2,1H3. The summed E-state index contributed by atoms with van der Waals surface area (Å²) in [4.78, 5) is 0. The topological polar surface area (TPSA) is 52.0 Å². The van der Waals surface area contributed by atoms with Gasteiger partial charge in [-0.15, -0.1) is 0 Å². The summed E-state index contributed by atoms with van der Waals surface area (Å²) < 4.78 is 0. The maximum atomic E-state index is 6.21. The quantitative estimate of drug-likeness (QED) is 0.527. The molecular weight excluding hydrogens is 172 g/mol. The van der Waals surface area contributed by atoms with Gasteiger partial charge in [-0.25, -0.2) is 0 Å². The minimum absolute atomic E-state index is 0.379. The fraction of sp³-hybridized carbons (Fsp3) is 1.00. The minimum atomic E-state index is -0.379. The molecule has 0 radical (unpaired) electrons. The van der Waals surface area contributed by atoms with Crippen molar-refractivity contribution in [3.05, 3.63) is 0 Å². The highest BCUT2D eigenvalue weighted by molar-refractivity contribution is 4.87. The van der Waals surface area contributed by atoms with Gasteiger partial charge in [-0.05, 0) is 25.2 Å². The van der Waals surface area contributed by atoms with Crippen molar-refractivity contribution in [3.8, 4) is 0 Å². The molecule has 0 aliphatic heterocycles. The van der Waals surface area contributed by atoms with Gasteiger partial charge in [0.15, 0.2) is 0 Å². The fourth-order valence-corrected chi connectivity index (χ4v) is 2.53. The van der Waals surface area contributed by atoms with Crippen LogP contribution >= 0.6 is 0 Å². The first-order valence-corrected chi connectivity index (χ1v) is 6.24. The molecule has 1 aliphatic carbocycles. The summed E-state index contributed by atoms with van der Waals surface area (Å²) in [5, 5.41) is 0. The van der Waals surface area contributed by atoms with Crippen molar-refractivity contribution in [3.63, 3.8) is 0 Å². The Hall–Kier alpha value is -0.0800. The van der Waals surface area contributed by atoms with Crippen LogP contribution in [0.2, 0.25) is 0 Å². The predicted molar refractivity (Wildman–Crippen MR) is 61.8 cm³/mol. The Labute approximate surface area is 88.4 Å². The Morgan fingerprint density at radius 1 is 1.07 bits per heavy atom. The molecule has 1 saturated carbocycles. The van der Waals surface area contributed by atoms with Gasteiger partial charge >= 0.3 is 0 Å². The van der Waals surface area contributed by atoms with Crippen molar-refractivity contribution in [2.24, 2.45) is 17.4 Å². The Morgan fingerprint density at radius 3 is 2.29 bits per heavy atom. The molecule has 0 unspecified atom stereocenters. The second-order valence-corrected chi connectivity index (χ2v) is 4.90. The molecule has 0 spiro atoms. The van der Waals surface area contributed by atoms with Crippen molar-refractivity contribution in [1.29, 1.82) is 0 Å². The Balaban J connectivity index is 2.29. The molecule has 4 N–H and O–H groups in total. The molecule has 0 amide bonds. The van der Waals surface area contributed by atoms with E-state index < -0.39 is 0 Å². The van der Waals surface area contributed by atoms with Crippen LogP contribution < -0.4 is 11.5 Å². The van der Waals surface area contributed by atoms with E-state index in [0.717, 1.165) is 6.42 Å². The summed E-state index contributed by atoms with van der Waals surface area (Å²) in [6.07, 6.45) is 11.2. The van der Waals surface area contributed by atoms with Gasteiger partial charge in [-0.1, -0.05) is 45.4 Å².